The van der Waals surface area contributed by atoms with Crippen LogP contribution in [0.3, 0.4) is 0 Å². The number of benzene rings is 1. The van der Waals surface area contributed by atoms with Gasteiger partial charge in [0.15, 0.2) is 4.90 Å². The second-order valence-corrected chi connectivity index (χ2v) is 5.65. The molecule has 0 amide bonds. The molecule has 1 aromatic heterocycles. The third-order valence-corrected chi connectivity index (χ3v) is 4.05. The summed E-state index contributed by atoms with van der Waals surface area (Å²) in [6.45, 7) is 0. The van der Waals surface area contributed by atoms with E-state index in [4.69, 9.17) is 0 Å². The van der Waals surface area contributed by atoms with Crippen molar-refractivity contribution >= 4 is 27.3 Å². The molecule has 0 radical (unpaired) electrons. The molecule has 0 saturated heterocycles. The molecule has 0 atom stereocenters. The molecule has 10 nitrogen and oxygen atoms in total. The lowest BCUT2D eigenvalue weighted by Crippen LogP contribution is -2.17. The minimum atomic E-state index is -4.15. The molecular formula is C10H12N6O4S. The standard InChI is InChI=1S/C10H12N6O4S/c1-11-7-3-4-9(8(5-7)16(17)18)21(19,20)14-10-12-6-13-15(10)2/h3-6,11H,1-2H3,(H,12,13,14). The third kappa shape index (κ3) is 2.91. The third-order valence-electron chi connectivity index (χ3n) is 2.67. The Hall–Kier alpha value is -2.69. The van der Waals surface area contributed by atoms with E-state index in [0.717, 1.165) is 18.5 Å². The minimum absolute atomic E-state index is 0.0398. The summed E-state index contributed by atoms with van der Waals surface area (Å²) in [5, 5.41) is 17.5. The van der Waals surface area contributed by atoms with Crippen molar-refractivity contribution in [2.24, 2.45) is 7.05 Å². The molecule has 2 aromatic rings. The Bertz CT molecular complexity index is 785. The van der Waals surface area contributed by atoms with Gasteiger partial charge in [0.2, 0.25) is 5.95 Å². The van der Waals surface area contributed by atoms with Crippen molar-refractivity contribution in [3.05, 3.63) is 34.6 Å². The average Bonchev–Trinajstić information content (AvgIpc) is 2.82. The van der Waals surface area contributed by atoms with Gasteiger partial charge in [0.25, 0.3) is 15.7 Å². The van der Waals surface area contributed by atoms with E-state index >= 15 is 0 Å². The van der Waals surface area contributed by atoms with Crippen LogP contribution in [0.4, 0.5) is 17.3 Å². The Kier molecular flexibility index (Phi) is 3.76. The molecule has 21 heavy (non-hydrogen) atoms. The highest BCUT2D eigenvalue weighted by Crippen LogP contribution is 2.28. The smallest absolute Gasteiger partial charge is 0.291 e. The number of rotatable bonds is 5. The van der Waals surface area contributed by atoms with Crippen LogP contribution in [0, 0.1) is 10.1 Å². The van der Waals surface area contributed by atoms with Crippen molar-refractivity contribution in [1.82, 2.24) is 14.8 Å². The quantitative estimate of drug-likeness (QED) is 0.609. The fourth-order valence-corrected chi connectivity index (χ4v) is 2.80. The molecule has 11 heteroatoms. The molecule has 0 spiro atoms. The Labute approximate surface area is 120 Å². The summed E-state index contributed by atoms with van der Waals surface area (Å²) >= 11 is 0. The first-order valence-electron chi connectivity index (χ1n) is 5.68. The minimum Gasteiger partial charge on any atom is -0.388 e. The number of aryl methyl sites for hydroxylation is 1. The predicted molar refractivity (Wildman–Crippen MR) is 74.5 cm³/mol. The second-order valence-electron chi connectivity index (χ2n) is 4.00. The molecule has 0 saturated carbocycles. The van der Waals surface area contributed by atoms with Gasteiger partial charge in [-0.05, 0) is 12.1 Å². The SMILES string of the molecule is CNc1ccc(S(=O)(=O)Nc2ncnn2C)c([N+](=O)[O-])c1. The number of anilines is 2. The topological polar surface area (TPSA) is 132 Å². The molecular weight excluding hydrogens is 300 g/mol. The Balaban J connectivity index is 2.49. The van der Waals surface area contributed by atoms with E-state index in [0.29, 0.717) is 5.69 Å². The van der Waals surface area contributed by atoms with Gasteiger partial charge in [0.05, 0.1) is 4.92 Å². The van der Waals surface area contributed by atoms with Crippen LogP contribution in [0.25, 0.3) is 0 Å². The summed E-state index contributed by atoms with van der Waals surface area (Å²) < 4.78 is 27.9. The largest absolute Gasteiger partial charge is 0.388 e. The molecule has 0 aliphatic carbocycles. The number of hydrogen-bond acceptors (Lipinski definition) is 7. The molecule has 0 bridgehead atoms. The first-order valence-corrected chi connectivity index (χ1v) is 7.16. The first-order chi connectivity index (χ1) is 9.85. The summed E-state index contributed by atoms with van der Waals surface area (Å²) in [6, 6.07) is 3.73. The van der Waals surface area contributed by atoms with Crippen LogP contribution in [0.1, 0.15) is 0 Å². The zero-order valence-electron chi connectivity index (χ0n) is 11.1. The van der Waals surface area contributed by atoms with Crippen molar-refractivity contribution in [2.45, 2.75) is 4.90 Å². The number of nitro groups is 1. The fraction of sp³-hybridized carbons (Fsp3) is 0.200. The molecule has 0 unspecified atom stereocenters. The molecule has 0 aliphatic rings. The van der Waals surface area contributed by atoms with Crippen LogP contribution >= 0.6 is 0 Å². The van der Waals surface area contributed by atoms with Crippen LogP contribution in [0.5, 0.6) is 0 Å². The molecule has 2 N–H and O–H groups in total. The lowest BCUT2D eigenvalue weighted by Gasteiger charge is -2.08. The van der Waals surface area contributed by atoms with Crippen LogP contribution < -0.4 is 10.0 Å². The highest BCUT2D eigenvalue weighted by molar-refractivity contribution is 7.92. The van der Waals surface area contributed by atoms with Crippen LogP contribution in [0.2, 0.25) is 0 Å². The van der Waals surface area contributed by atoms with Gasteiger partial charge >= 0.3 is 0 Å². The van der Waals surface area contributed by atoms with E-state index in [-0.39, 0.29) is 5.95 Å². The number of nitrogens with zero attached hydrogens (tertiary/aromatic N) is 4. The van der Waals surface area contributed by atoms with Crippen LogP contribution in [-0.2, 0) is 17.1 Å². The molecule has 112 valence electrons. The molecule has 1 aromatic carbocycles. The van der Waals surface area contributed by atoms with Gasteiger partial charge in [-0.25, -0.2) is 17.8 Å². The first kappa shape index (κ1) is 14.7. The summed E-state index contributed by atoms with van der Waals surface area (Å²) in [5.41, 5.74) is -0.101. The van der Waals surface area contributed by atoms with Crippen LogP contribution in [-0.4, -0.2) is 35.2 Å². The van der Waals surface area contributed by atoms with E-state index in [1.165, 1.54) is 17.8 Å². The summed E-state index contributed by atoms with van der Waals surface area (Å²) in [5.74, 6) is -0.0398. The highest BCUT2D eigenvalue weighted by Gasteiger charge is 2.27. The van der Waals surface area contributed by atoms with E-state index in [2.05, 4.69) is 20.1 Å². The van der Waals surface area contributed by atoms with Gasteiger partial charge in [0, 0.05) is 25.8 Å². The maximum absolute atomic E-state index is 12.3. The molecule has 1 heterocycles. The van der Waals surface area contributed by atoms with E-state index < -0.39 is 25.5 Å². The van der Waals surface area contributed by atoms with Crippen molar-refractivity contribution in [2.75, 3.05) is 17.1 Å². The van der Waals surface area contributed by atoms with Gasteiger partial charge in [-0.3, -0.25) is 10.1 Å². The Morgan fingerprint density at radius 1 is 1.38 bits per heavy atom. The lowest BCUT2D eigenvalue weighted by molar-refractivity contribution is -0.387. The van der Waals surface area contributed by atoms with Crippen LogP contribution in [0.15, 0.2) is 29.4 Å². The lowest BCUT2D eigenvalue weighted by atomic mass is 10.3. The zero-order valence-corrected chi connectivity index (χ0v) is 12.0. The van der Waals surface area contributed by atoms with Crippen molar-refractivity contribution < 1.29 is 13.3 Å². The zero-order chi connectivity index (χ0) is 15.6. The van der Waals surface area contributed by atoms with Gasteiger partial charge in [-0.1, -0.05) is 0 Å². The van der Waals surface area contributed by atoms with Gasteiger partial charge in [-0.2, -0.15) is 10.1 Å². The van der Waals surface area contributed by atoms with E-state index in [1.54, 1.807) is 7.05 Å². The number of sulfonamides is 1. The maximum Gasteiger partial charge on any atom is 0.291 e. The predicted octanol–water partition coefficient (Wildman–Crippen LogP) is 0.566. The Morgan fingerprint density at radius 3 is 2.62 bits per heavy atom. The van der Waals surface area contributed by atoms with Crippen molar-refractivity contribution in [3.63, 3.8) is 0 Å². The fourth-order valence-electron chi connectivity index (χ4n) is 1.61. The van der Waals surface area contributed by atoms with E-state index in [1.807, 2.05) is 0 Å². The maximum atomic E-state index is 12.3. The summed E-state index contributed by atoms with van der Waals surface area (Å²) in [4.78, 5) is 13.6. The molecule has 0 fully saturated rings. The number of hydrogen-bond donors (Lipinski definition) is 2. The van der Waals surface area contributed by atoms with Gasteiger partial charge in [-0.15, -0.1) is 0 Å². The second kappa shape index (κ2) is 5.36. The average molecular weight is 312 g/mol. The van der Waals surface area contributed by atoms with Crippen molar-refractivity contribution in [1.29, 1.82) is 0 Å². The van der Waals surface area contributed by atoms with Crippen molar-refractivity contribution in [3.8, 4) is 0 Å². The number of nitrogens with one attached hydrogen (secondary N) is 2. The monoisotopic (exact) mass is 312 g/mol. The molecule has 2 rings (SSSR count). The summed E-state index contributed by atoms with van der Waals surface area (Å²) in [6.07, 6.45) is 1.16. The van der Waals surface area contributed by atoms with Gasteiger partial charge in [0.1, 0.15) is 6.33 Å². The Morgan fingerprint density at radius 2 is 2.10 bits per heavy atom. The summed E-state index contributed by atoms with van der Waals surface area (Å²) in [7, 11) is -1.09. The number of aromatic nitrogens is 3. The van der Waals surface area contributed by atoms with Gasteiger partial charge < -0.3 is 5.32 Å². The van der Waals surface area contributed by atoms with E-state index in [9.17, 15) is 18.5 Å². The normalized spacial score (nSPS) is 11.1. The molecule has 0 aliphatic heterocycles. The number of nitro benzene ring substituents is 1. The highest BCUT2D eigenvalue weighted by atomic mass is 32.2.